The maximum atomic E-state index is 11.9. The van der Waals surface area contributed by atoms with Crippen LogP contribution in [0, 0.1) is 0 Å². The fourth-order valence-corrected chi connectivity index (χ4v) is 2.13. The monoisotopic (exact) mass is 298 g/mol. The maximum absolute atomic E-state index is 11.9. The Bertz CT molecular complexity index is 492. The number of amides is 2. The quantitative estimate of drug-likeness (QED) is 0.636. The molecule has 3 N–H and O–H groups in total. The summed E-state index contributed by atoms with van der Waals surface area (Å²) in [6.07, 6.45) is 0. The molecule has 0 fully saturated rings. The lowest BCUT2D eigenvalue weighted by Gasteiger charge is -2.08. The molecule has 1 aromatic carbocycles. The van der Waals surface area contributed by atoms with Crippen molar-refractivity contribution >= 4 is 40.2 Å². The molecular formula is C12H14N2O3S2. The molecule has 0 atom stereocenters. The molecular weight excluding hydrogens is 284 g/mol. The van der Waals surface area contributed by atoms with E-state index < -0.39 is 5.91 Å². The second kappa shape index (κ2) is 7.75. The van der Waals surface area contributed by atoms with Gasteiger partial charge in [-0.2, -0.15) is 0 Å². The summed E-state index contributed by atoms with van der Waals surface area (Å²) in [5.41, 5.74) is 5.64. The van der Waals surface area contributed by atoms with E-state index in [2.05, 4.69) is 5.32 Å². The van der Waals surface area contributed by atoms with E-state index in [1.165, 1.54) is 17.8 Å². The number of ether oxygens (including phenoxy) is 1. The predicted molar refractivity (Wildman–Crippen MR) is 79.1 cm³/mol. The van der Waals surface area contributed by atoms with Crippen LogP contribution in [0.4, 0.5) is 0 Å². The number of nitrogens with one attached hydrogen (secondary N) is 1. The van der Waals surface area contributed by atoms with Crippen molar-refractivity contribution in [1.29, 1.82) is 0 Å². The Kier molecular flexibility index (Phi) is 6.31. The molecule has 0 heterocycles. The zero-order chi connectivity index (χ0) is 14.3. The third-order valence-corrected chi connectivity index (χ3v) is 3.24. The summed E-state index contributed by atoms with van der Waals surface area (Å²) in [5.74, 6) is -0.741. The van der Waals surface area contributed by atoms with E-state index >= 15 is 0 Å². The lowest BCUT2D eigenvalue weighted by Crippen LogP contribution is -2.27. The highest BCUT2D eigenvalue weighted by atomic mass is 32.2. The Labute approximate surface area is 120 Å². The summed E-state index contributed by atoms with van der Waals surface area (Å²) in [5, 5.41) is 2.63. The fourth-order valence-electron chi connectivity index (χ4n) is 1.31. The molecule has 0 bridgehead atoms. The number of hydrogen-bond donors (Lipinski definition) is 2. The smallest absolute Gasteiger partial charge is 0.252 e. The third-order valence-electron chi connectivity index (χ3n) is 2.12. The summed E-state index contributed by atoms with van der Waals surface area (Å²) in [6.45, 7) is 2.32. The van der Waals surface area contributed by atoms with Gasteiger partial charge in [-0.3, -0.25) is 9.59 Å². The van der Waals surface area contributed by atoms with Crippen LogP contribution < -0.4 is 11.1 Å². The van der Waals surface area contributed by atoms with Crippen molar-refractivity contribution in [2.45, 2.75) is 6.92 Å². The molecule has 1 rings (SSSR count). The summed E-state index contributed by atoms with van der Waals surface area (Å²) in [4.78, 5) is 23.1. The number of primary amides is 1. The van der Waals surface area contributed by atoms with Crippen molar-refractivity contribution < 1.29 is 14.3 Å². The second-order valence-electron chi connectivity index (χ2n) is 3.39. The summed E-state index contributed by atoms with van der Waals surface area (Å²) in [7, 11) is 0. The topological polar surface area (TPSA) is 81.4 Å². The van der Waals surface area contributed by atoms with Crippen LogP contribution in [0.25, 0.3) is 0 Å². The Hall–Kier alpha value is -1.60. The van der Waals surface area contributed by atoms with E-state index in [-0.39, 0.29) is 22.9 Å². The predicted octanol–water partition coefficient (Wildman–Crippen LogP) is 1.53. The molecule has 102 valence electrons. The molecule has 0 aliphatic rings. The molecule has 0 spiro atoms. The van der Waals surface area contributed by atoms with Crippen molar-refractivity contribution in [1.82, 2.24) is 5.32 Å². The van der Waals surface area contributed by atoms with Crippen LogP contribution >= 0.6 is 24.0 Å². The van der Waals surface area contributed by atoms with Crippen LogP contribution in [0.1, 0.15) is 27.6 Å². The lowest BCUT2D eigenvalue weighted by molar-refractivity contribution is 0.0942. The Balaban J connectivity index is 2.59. The highest BCUT2D eigenvalue weighted by Gasteiger charge is 2.14. The van der Waals surface area contributed by atoms with Gasteiger partial charge in [-0.1, -0.05) is 23.9 Å². The summed E-state index contributed by atoms with van der Waals surface area (Å²) < 4.78 is 5.43. The van der Waals surface area contributed by atoms with Gasteiger partial charge in [-0.25, -0.2) is 0 Å². The lowest BCUT2D eigenvalue weighted by atomic mass is 10.1. The fraction of sp³-hybridized carbons (Fsp3) is 0.250. The van der Waals surface area contributed by atoms with Crippen molar-refractivity contribution in [2.24, 2.45) is 5.73 Å². The maximum Gasteiger partial charge on any atom is 0.252 e. The first-order valence-electron chi connectivity index (χ1n) is 5.52. The summed E-state index contributed by atoms with van der Waals surface area (Å²) >= 11 is 6.10. The highest BCUT2D eigenvalue weighted by molar-refractivity contribution is 8.22. The molecule has 0 aromatic heterocycles. The van der Waals surface area contributed by atoms with Gasteiger partial charge in [0.25, 0.3) is 5.91 Å². The molecule has 5 nitrogen and oxygen atoms in total. The van der Waals surface area contributed by atoms with Gasteiger partial charge in [0, 0.05) is 0 Å². The second-order valence-corrected chi connectivity index (χ2v) is 4.96. The van der Waals surface area contributed by atoms with Crippen LogP contribution in [0.15, 0.2) is 24.3 Å². The first-order chi connectivity index (χ1) is 9.06. The van der Waals surface area contributed by atoms with Gasteiger partial charge < -0.3 is 15.8 Å². The van der Waals surface area contributed by atoms with E-state index in [1.54, 1.807) is 18.2 Å². The zero-order valence-electron chi connectivity index (χ0n) is 10.3. The SMILES string of the molecule is CCOC(=S)SCNC(=O)c1ccccc1C(N)=O. The minimum absolute atomic E-state index is 0.192. The van der Waals surface area contributed by atoms with Crippen molar-refractivity contribution in [3.05, 3.63) is 35.4 Å². The van der Waals surface area contributed by atoms with Gasteiger partial charge in [-0.15, -0.1) is 0 Å². The van der Waals surface area contributed by atoms with Gasteiger partial charge in [0.15, 0.2) is 0 Å². The van der Waals surface area contributed by atoms with Crippen molar-refractivity contribution in [3.63, 3.8) is 0 Å². The van der Waals surface area contributed by atoms with Gasteiger partial charge >= 0.3 is 0 Å². The number of hydrogen-bond acceptors (Lipinski definition) is 5. The van der Waals surface area contributed by atoms with Crippen LogP contribution in [0.2, 0.25) is 0 Å². The largest absolute Gasteiger partial charge is 0.479 e. The summed E-state index contributed by atoms with van der Waals surface area (Å²) in [6, 6.07) is 6.37. The van der Waals surface area contributed by atoms with Crippen molar-refractivity contribution in [2.75, 3.05) is 12.5 Å². The van der Waals surface area contributed by atoms with E-state index in [1.807, 2.05) is 6.92 Å². The van der Waals surface area contributed by atoms with Crippen molar-refractivity contribution in [3.8, 4) is 0 Å². The zero-order valence-corrected chi connectivity index (χ0v) is 12.0. The van der Waals surface area contributed by atoms with Crippen LogP contribution in [0.5, 0.6) is 0 Å². The van der Waals surface area contributed by atoms with Crippen LogP contribution in [-0.2, 0) is 4.74 Å². The number of carbonyl (C=O) groups is 2. The van der Waals surface area contributed by atoms with E-state index in [0.29, 0.717) is 11.0 Å². The molecule has 0 aliphatic carbocycles. The number of carbonyl (C=O) groups excluding carboxylic acids is 2. The third kappa shape index (κ3) is 4.88. The molecule has 2 amide bonds. The molecule has 1 aromatic rings. The standard InChI is InChI=1S/C12H14N2O3S2/c1-2-17-12(18)19-7-14-11(16)9-6-4-3-5-8(9)10(13)15/h3-6H,2,7H2,1H3,(H2,13,15)(H,14,16). The van der Waals surface area contributed by atoms with Gasteiger partial charge in [-0.05, 0) is 31.3 Å². The highest BCUT2D eigenvalue weighted by Crippen LogP contribution is 2.09. The van der Waals surface area contributed by atoms with Crippen LogP contribution in [0.3, 0.4) is 0 Å². The minimum atomic E-state index is -0.636. The number of thiocarbonyl (C=S) groups is 1. The first kappa shape index (κ1) is 15.5. The number of thioether (sulfide) groups is 1. The van der Waals surface area contributed by atoms with Crippen LogP contribution in [-0.4, -0.2) is 28.7 Å². The minimum Gasteiger partial charge on any atom is -0.479 e. The van der Waals surface area contributed by atoms with Gasteiger partial charge in [0.1, 0.15) is 0 Å². The Morgan fingerprint density at radius 3 is 2.58 bits per heavy atom. The van der Waals surface area contributed by atoms with E-state index in [9.17, 15) is 9.59 Å². The molecule has 0 aliphatic heterocycles. The number of benzene rings is 1. The Morgan fingerprint density at radius 2 is 2.00 bits per heavy atom. The molecule has 7 heteroatoms. The average Bonchev–Trinajstić information content (AvgIpc) is 2.38. The number of nitrogens with two attached hydrogens (primary N) is 1. The first-order valence-corrected chi connectivity index (χ1v) is 6.92. The molecule has 0 saturated heterocycles. The normalized spacial score (nSPS) is 9.74. The van der Waals surface area contributed by atoms with E-state index in [4.69, 9.17) is 22.7 Å². The Morgan fingerprint density at radius 1 is 1.37 bits per heavy atom. The average molecular weight is 298 g/mol. The number of rotatable bonds is 5. The molecule has 0 unspecified atom stereocenters. The molecule has 0 saturated carbocycles. The van der Waals surface area contributed by atoms with E-state index in [0.717, 1.165) is 0 Å². The molecule has 0 radical (unpaired) electrons. The molecule has 19 heavy (non-hydrogen) atoms. The van der Waals surface area contributed by atoms with Gasteiger partial charge in [0.2, 0.25) is 10.3 Å². The van der Waals surface area contributed by atoms with Gasteiger partial charge in [0.05, 0.1) is 23.6 Å².